The van der Waals surface area contributed by atoms with Crippen molar-refractivity contribution >= 4 is 29.1 Å². The van der Waals surface area contributed by atoms with E-state index in [0.717, 1.165) is 0 Å². The van der Waals surface area contributed by atoms with Crippen molar-refractivity contribution < 1.29 is 23.9 Å². The van der Waals surface area contributed by atoms with Crippen LogP contribution in [-0.4, -0.2) is 70.6 Å². The number of phenolic OH excluding ortho intramolecular Hbond substituents is 1. The van der Waals surface area contributed by atoms with Crippen molar-refractivity contribution in [3.05, 3.63) is 59.9 Å². The number of halogens is 1. The molecule has 0 spiro atoms. The summed E-state index contributed by atoms with van der Waals surface area (Å²) in [5, 5.41) is 15.5. The first kappa shape index (κ1) is 21.3. The molecule has 10 heteroatoms. The Morgan fingerprint density at radius 3 is 2.12 bits per heavy atom. The Kier molecular flexibility index (Phi) is 5.76. The third-order valence-electron chi connectivity index (χ3n) is 5.57. The molecule has 1 atom stereocenters. The summed E-state index contributed by atoms with van der Waals surface area (Å²) in [6, 6.07) is 10.9. The van der Waals surface area contributed by atoms with Crippen molar-refractivity contribution in [3.63, 3.8) is 0 Å². The molecule has 166 valence electrons. The predicted molar refractivity (Wildman–Crippen MR) is 115 cm³/mol. The van der Waals surface area contributed by atoms with Crippen LogP contribution in [0.15, 0.2) is 53.6 Å². The number of para-hydroxylation sites is 1. The predicted octanol–water partition coefficient (Wildman–Crippen LogP) is 0.936. The Hall–Kier alpha value is -3.95. The monoisotopic (exact) mass is 439 g/mol. The van der Waals surface area contributed by atoms with E-state index in [1.54, 1.807) is 28.0 Å². The van der Waals surface area contributed by atoms with Gasteiger partial charge in [0, 0.05) is 32.6 Å². The molecule has 0 bridgehead atoms. The molecule has 1 unspecified atom stereocenters. The van der Waals surface area contributed by atoms with Gasteiger partial charge in [0.2, 0.25) is 5.91 Å². The number of rotatable bonds is 4. The number of benzene rings is 2. The van der Waals surface area contributed by atoms with Gasteiger partial charge in [0.1, 0.15) is 23.3 Å². The summed E-state index contributed by atoms with van der Waals surface area (Å²) < 4.78 is 13.2. The molecule has 2 heterocycles. The standard InChI is InChI=1S/C22H22FN5O4/c23-14-5-7-15(8-6-14)28-18(20(24)30)13-17(25-28)22(32)27-11-9-26(10-12-27)21(31)16-3-1-2-4-19(16)29/h1-8,18,29H,9-13H2,(H2,24,30). The number of hydrazone groups is 1. The van der Waals surface area contributed by atoms with Crippen LogP contribution in [0.4, 0.5) is 10.1 Å². The normalized spacial score (nSPS) is 18.5. The number of carbonyl (C=O) groups excluding carboxylic acids is 3. The average Bonchev–Trinajstić information content (AvgIpc) is 3.25. The molecule has 2 aromatic rings. The van der Waals surface area contributed by atoms with Gasteiger partial charge in [-0.05, 0) is 36.4 Å². The summed E-state index contributed by atoms with van der Waals surface area (Å²) in [7, 11) is 0. The second kappa shape index (κ2) is 8.66. The lowest BCUT2D eigenvalue weighted by molar-refractivity contribution is -0.125. The maximum atomic E-state index is 13.2. The summed E-state index contributed by atoms with van der Waals surface area (Å²) in [5.74, 6) is -1.80. The van der Waals surface area contributed by atoms with Gasteiger partial charge in [-0.25, -0.2) is 4.39 Å². The van der Waals surface area contributed by atoms with E-state index in [1.807, 2.05) is 0 Å². The number of nitrogens with two attached hydrogens (primary N) is 1. The summed E-state index contributed by atoms with van der Waals surface area (Å²) in [6.07, 6.45) is 0.0442. The molecule has 0 radical (unpaired) electrons. The second-order valence-corrected chi connectivity index (χ2v) is 7.59. The maximum absolute atomic E-state index is 13.2. The van der Waals surface area contributed by atoms with Crippen LogP contribution in [0.2, 0.25) is 0 Å². The molecule has 2 aliphatic heterocycles. The zero-order chi connectivity index (χ0) is 22.8. The molecule has 4 rings (SSSR count). The molecule has 1 saturated heterocycles. The van der Waals surface area contributed by atoms with Crippen LogP contribution in [0, 0.1) is 5.82 Å². The van der Waals surface area contributed by atoms with E-state index in [1.165, 1.54) is 35.3 Å². The van der Waals surface area contributed by atoms with Crippen LogP contribution < -0.4 is 10.7 Å². The van der Waals surface area contributed by atoms with E-state index in [-0.39, 0.29) is 48.3 Å². The Balaban J connectivity index is 1.44. The summed E-state index contributed by atoms with van der Waals surface area (Å²) in [6.45, 7) is 1.17. The molecular formula is C22H22FN5O4. The van der Waals surface area contributed by atoms with Crippen molar-refractivity contribution in [2.24, 2.45) is 10.8 Å². The first-order valence-corrected chi connectivity index (χ1v) is 10.1. The fourth-order valence-electron chi connectivity index (χ4n) is 3.81. The minimum absolute atomic E-state index is 0.0442. The van der Waals surface area contributed by atoms with Crippen LogP contribution in [0.5, 0.6) is 5.75 Å². The minimum Gasteiger partial charge on any atom is -0.507 e. The third kappa shape index (κ3) is 4.11. The van der Waals surface area contributed by atoms with Crippen molar-refractivity contribution in [3.8, 4) is 5.75 Å². The molecule has 0 saturated carbocycles. The molecular weight excluding hydrogens is 417 g/mol. The SMILES string of the molecule is NC(=O)C1CC(C(=O)N2CCN(C(=O)c3ccccc3O)CC2)=NN1c1ccc(F)cc1. The molecule has 3 amide bonds. The van der Waals surface area contributed by atoms with E-state index >= 15 is 0 Å². The zero-order valence-electron chi connectivity index (χ0n) is 17.1. The lowest BCUT2D eigenvalue weighted by atomic mass is 10.1. The number of primary amides is 1. The van der Waals surface area contributed by atoms with Gasteiger partial charge >= 0.3 is 0 Å². The highest BCUT2D eigenvalue weighted by atomic mass is 19.1. The van der Waals surface area contributed by atoms with Gasteiger partial charge < -0.3 is 20.6 Å². The van der Waals surface area contributed by atoms with Crippen molar-refractivity contribution in [1.29, 1.82) is 0 Å². The first-order chi connectivity index (χ1) is 15.3. The Bertz CT molecular complexity index is 1080. The van der Waals surface area contributed by atoms with Crippen LogP contribution >= 0.6 is 0 Å². The van der Waals surface area contributed by atoms with Gasteiger partial charge in [-0.3, -0.25) is 19.4 Å². The Labute approximate surface area is 183 Å². The fraction of sp³-hybridized carbons (Fsp3) is 0.273. The number of aromatic hydroxyl groups is 1. The van der Waals surface area contributed by atoms with Crippen LogP contribution in [0.25, 0.3) is 0 Å². The van der Waals surface area contributed by atoms with E-state index in [9.17, 15) is 23.9 Å². The highest BCUT2D eigenvalue weighted by Crippen LogP contribution is 2.26. The quantitative estimate of drug-likeness (QED) is 0.735. The maximum Gasteiger partial charge on any atom is 0.270 e. The first-order valence-electron chi connectivity index (χ1n) is 10.1. The van der Waals surface area contributed by atoms with Crippen LogP contribution in [-0.2, 0) is 9.59 Å². The molecule has 3 N–H and O–H groups in total. The van der Waals surface area contributed by atoms with Gasteiger partial charge in [-0.2, -0.15) is 5.10 Å². The molecule has 0 aromatic heterocycles. The second-order valence-electron chi connectivity index (χ2n) is 7.59. The average molecular weight is 439 g/mol. The number of anilines is 1. The zero-order valence-corrected chi connectivity index (χ0v) is 17.1. The molecule has 0 aliphatic carbocycles. The number of carbonyl (C=O) groups is 3. The number of hydrogen-bond donors (Lipinski definition) is 2. The van der Waals surface area contributed by atoms with Gasteiger partial charge in [-0.1, -0.05) is 12.1 Å². The van der Waals surface area contributed by atoms with Crippen molar-refractivity contribution in [2.45, 2.75) is 12.5 Å². The summed E-state index contributed by atoms with van der Waals surface area (Å²) >= 11 is 0. The smallest absolute Gasteiger partial charge is 0.270 e. The van der Waals surface area contributed by atoms with Gasteiger partial charge in [0.05, 0.1) is 11.3 Å². The van der Waals surface area contributed by atoms with E-state index < -0.39 is 17.8 Å². The fourth-order valence-corrected chi connectivity index (χ4v) is 3.81. The highest BCUT2D eigenvalue weighted by molar-refractivity contribution is 6.40. The Morgan fingerprint density at radius 1 is 0.938 bits per heavy atom. The van der Waals surface area contributed by atoms with Gasteiger partial charge in [0.15, 0.2) is 0 Å². The van der Waals surface area contributed by atoms with Crippen molar-refractivity contribution in [2.75, 3.05) is 31.2 Å². The van der Waals surface area contributed by atoms with Crippen LogP contribution in [0.1, 0.15) is 16.8 Å². The summed E-state index contributed by atoms with van der Waals surface area (Å²) in [5.41, 5.74) is 6.35. The highest BCUT2D eigenvalue weighted by Gasteiger charge is 2.37. The number of hydrogen-bond acceptors (Lipinski definition) is 6. The molecule has 2 aromatic carbocycles. The molecule has 32 heavy (non-hydrogen) atoms. The van der Waals surface area contributed by atoms with Gasteiger partial charge in [0.25, 0.3) is 11.8 Å². The largest absolute Gasteiger partial charge is 0.507 e. The lowest BCUT2D eigenvalue weighted by Crippen LogP contribution is -2.52. The number of phenols is 1. The van der Waals surface area contributed by atoms with E-state index in [4.69, 9.17) is 5.73 Å². The minimum atomic E-state index is -0.844. The van der Waals surface area contributed by atoms with Gasteiger partial charge in [-0.15, -0.1) is 0 Å². The molecule has 2 aliphatic rings. The number of piperazine rings is 1. The van der Waals surface area contributed by atoms with Crippen LogP contribution in [0.3, 0.4) is 0 Å². The van der Waals surface area contributed by atoms with E-state index in [2.05, 4.69) is 5.10 Å². The van der Waals surface area contributed by atoms with Crippen molar-refractivity contribution in [1.82, 2.24) is 9.80 Å². The number of nitrogens with zero attached hydrogens (tertiary/aromatic N) is 4. The molecule has 1 fully saturated rings. The Morgan fingerprint density at radius 2 is 1.53 bits per heavy atom. The third-order valence-corrected chi connectivity index (χ3v) is 5.57. The molecule has 9 nitrogen and oxygen atoms in total. The lowest BCUT2D eigenvalue weighted by Gasteiger charge is -2.34. The topological polar surface area (TPSA) is 120 Å². The number of amides is 3. The van der Waals surface area contributed by atoms with E-state index in [0.29, 0.717) is 18.8 Å². The summed E-state index contributed by atoms with van der Waals surface area (Å²) in [4.78, 5) is 40.7.